The molecule has 140 valence electrons. The van der Waals surface area contributed by atoms with E-state index in [4.69, 9.17) is 9.47 Å². The highest BCUT2D eigenvalue weighted by Gasteiger charge is 2.16. The van der Waals surface area contributed by atoms with Crippen LogP contribution >= 0.6 is 23.1 Å². The molecule has 8 heteroatoms. The van der Waals surface area contributed by atoms with E-state index in [1.54, 1.807) is 23.9 Å². The third-order valence-electron chi connectivity index (χ3n) is 4.14. The molecule has 0 atom stereocenters. The number of thioether (sulfide) groups is 1. The van der Waals surface area contributed by atoms with E-state index in [-0.39, 0.29) is 18.5 Å². The van der Waals surface area contributed by atoms with Gasteiger partial charge in [-0.3, -0.25) is 4.79 Å². The van der Waals surface area contributed by atoms with E-state index in [2.05, 4.69) is 4.99 Å². The van der Waals surface area contributed by atoms with Crippen molar-refractivity contribution in [1.82, 2.24) is 4.57 Å². The first kappa shape index (κ1) is 18.1. The number of halogens is 1. The predicted octanol–water partition coefficient (Wildman–Crippen LogP) is 4.11. The quantitative estimate of drug-likeness (QED) is 0.474. The van der Waals surface area contributed by atoms with Gasteiger partial charge in [-0.2, -0.15) is 4.99 Å². The van der Waals surface area contributed by atoms with Crippen LogP contribution < -0.4 is 14.3 Å². The van der Waals surface area contributed by atoms with Crippen LogP contribution in [0.25, 0.3) is 10.2 Å². The molecule has 4 rings (SSSR count). The number of rotatable bonds is 5. The molecule has 0 N–H and O–H groups in total. The average Bonchev–Trinajstić information content (AvgIpc) is 3.23. The number of hydrogen-bond donors (Lipinski definition) is 0. The van der Waals surface area contributed by atoms with E-state index in [1.807, 2.05) is 23.7 Å². The molecule has 0 spiro atoms. The number of aromatic nitrogens is 1. The molecular weight excluding hydrogens is 387 g/mol. The van der Waals surface area contributed by atoms with E-state index in [1.165, 1.54) is 23.5 Å². The maximum absolute atomic E-state index is 12.9. The highest BCUT2D eigenvalue weighted by Crippen LogP contribution is 2.36. The standard InChI is InChI=1S/C19H17FN2O3S2/c1-22-14-9-15-16(25-11-24-15)10-17(14)27-19(22)21-18(23)3-2-8-26-13-6-4-12(20)5-7-13/h4-7,9-10H,2-3,8,11H2,1H3. The van der Waals surface area contributed by atoms with Crippen LogP contribution in [0.15, 0.2) is 46.3 Å². The molecule has 0 saturated heterocycles. The molecule has 27 heavy (non-hydrogen) atoms. The van der Waals surface area contributed by atoms with Crippen molar-refractivity contribution in [2.24, 2.45) is 12.0 Å². The van der Waals surface area contributed by atoms with Crippen molar-refractivity contribution in [1.29, 1.82) is 0 Å². The van der Waals surface area contributed by atoms with Gasteiger partial charge in [0.05, 0.1) is 10.2 Å². The lowest BCUT2D eigenvalue weighted by Crippen LogP contribution is -2.13. The normalized spacial score (nSPS) is 13.5. The number of fused-ring (bicyclic) bond motifs is 2. The Morgan fingerprint density at radius 1 is 1.26 bits per heavy atom. The third-order valence-corrected chi connectivity index (χ3v) is 6.33. The number of benzene rings is 2. The highest BCUT2D eigenvalue weighted by molar-refractivity contribution is 7.99. The third kappa shape index (κ3) is 4.01. The van der Waals surface area contributed by atoms with Crippen molar-refractivity contribution >= 4 is 39.2 Å². The SMILES string of the molecule is Cn1c(=NC(=O)CCCSc2ccc(F)cc2)sc2cc3c(cc21)OCO3. The number of carbonyl (C=O) groups excluding carboxylic acids is 1. The zero-order chi connectivity index (χ0) is 18.8. The summed E-state index contributed by atoms with van der Waals surface area (Å²) >= 11 is 3.06. The molecule has 1 aromatic heterocycles. The Morgan fingerprint density at radius 2 is 2.00 bits per heavy atom. The smallest absolute Gasteiger partial charge is 0.248 e. The summed E-state index contributed by atoms with van der Waals surface area (Å²) in [7, 11) is 1.89. The van der Waals surface area contributed by atoms with Crippen molar-refractivity contribution in [2.45, 2.75) is 17.7 Å². The number of aryl methyl sites for hydroxylation is 1. The van der Waals surface area contributed by atoms with Gasteiger partial charge in [0.25, 0.3) is 0 Å². The summed E-state index contributed by atoms with van der Waals surface area (Å²) in [5.74, 6) is 1.84. The lowest BCUT2D eigenvalue weighted by atomic mass is 10.3. The molecule has 0 radical (unpaired) electrons. The molecule has 1 amide bonds. The monoisotopic (exact) mass is 404 g/mol. The zero-order valence-corrected chi connectivity index (χ0v) is 16.2. The van der Waals surface area contributed by atoms with E-state index < -0.39 is 0 Å². The van der Waals surface area contributed by atoms with E-state index >= 15 is 0 Å². The zero-order valence-electron chi connectivity index (χ0n) is 14.6. The van der Waals surface area contributed by atoms with Crippen molar-refractivity contribution in [3.8, 4) is 11.5 Å². The Labute approximate surface area is 163 Å². The molecule has 1 aliphatic rings. The molecule has 0 fully saturated rings. The van der Waals surface area contributed by atoms with Crippen molar-refractivity contribution in [2.75, 3.05) is 12.5 Å². The van der Waals surface area contributed by atoms with Crippen LogP contribution in [0.3, 0.4) is 0 Å². The number of thiazole rings is 1. The van der Waals surface area contributed by atoms with E-state index in [9.17, 15) is 9.18 Å². The van der Waals surface area contributed by atoms with Crippen molar-refractivity contribution in [3.05, 3.63) is 47.0 Å². The second-order valence-corrected chi connectivity index (χ2v) is 8.21. The minimum absolute atomic E-state index is 0.142. The topological polar surface area (TPSA) is 52.8 Å². The number of carbonyl (C=O) groups is 1. The first-order valence-electron chi connectivity index (χ1n) is 8.45. The Balaban J connectivity index is 1.40. The highest BCUT2D eigenvalue weighted by atomic mass is 32.2. The van der Waals surface area contributed by atoms with Crippen LogP contribution in [0, 0.1) is 5.82 Å². The van der Waals surface area contributed by atoms with Crippen LogP contribution in [0.5, 0.6) is 11.5 Å². The van der Waals surface area contributed by atoms with Gasteiger partial charge in [-0.15, -0.1) is 11.8 Å². The fourth-order valence-electron chi connectivity index (χ4n) is 2.73. The van der Waals surface area contributed by atoms with Crippen molar-refractivity contribution < 1.29 is 18.7 Å². The molecule has 0 aliphatic carbocycles. The Morgan fingerprint density at radius 3 is 2.78 bits per heavy atom. The van der Waals surface area contributed by atoms with Crippen LogP contribution in [-0.2, 0) is 11.8 Å². The summed E-state index contributed by atoms with van der Waals surface area (Å²) in [6, 6.07) is 10.2. The number of amides is 1. The first-order chi connectivity index (χ1) is 13.1. The first-order valence-corrected chi connectivity index (χ1v) is 10.3. The van der Waals surface area contributed by atoms with Gasteiger partial charge < -0.3 is 14.0 Å². The Hall–Kier alpha value is -2.32. The molecule has 2 heterocycles. The summed E-state index contributed by atoms with van der Waals surface area (Å²) in [6.45, 7) is 0.238. The number of hydrogen-bond acceptors (Lipinski definition) is 5. The van der Waals surface area contributed by atoms with Crippen LogP contribution in [0.1, 0.15) is 12.8 Å². The summed E-state index contributed by atoms with van der Waals surface area (Å²) in [6.07, 6.45) is 1.10. The fourth-order valence-corrected chi connectivity index (χ4v) is 4.63. The molecule has 2 aromatic carbocycles. The second kappa shape index (κ2) is 7.74. The summed E-state index contributed by atoms with van der Waals surface area (Å²) in [4.78, 5) is 18.1. The average molecular weight is 404 g/mol. The van der Waals surface area contributed by atoms with Gasteiger partial charge in [0.15, 0.2) is 16.3 Å². The summed E-state index contributed by atoms with van der Waals surface area (Å²) in [5, 5.41) is 0. The van der Waals surface area contributed by atoms with E-state index in [0.29, 0.717) is 17.0 Å². The van der Waals surface area contributed by atoms with Gasteiger partial charge in [0, 0.05) is 30.5 Å². The number of ether oxygens (including phenoxy) is 2. The molecule has 0 saturated carbocycles. The fraction of sp³-hybridized carbons (Fsp3) is 0.263. The molecule has 3 aromatic rings. The molecule has 0 bridgehead atoms. The maximum Gasteiger partial charge on any atom is 0.248 e. The van der Waals surface area contributed by atoms with Gasteiger partial charge in [0.1, 0.15) is 5.82 Å². The van der Waals surface area contributed by atoms with Gasteiger partial charge in [0.2, 0.25) is 12.7 Å². The van der Waals surface area contributed by atoms with Gasteiger partial charge in [-0.05, 0) is 36.4 Å². The molecule has 0 unspecified atom stereocenters. The summed E-state index contributed by atoms with van der Waals surface area (Å²) < 4.78 is 26.6. The Bertz CT molecular complexity index is 1060. The van der Waals surface area contributed by atoms with Crippen molar-refractivity contribution in [3.63, 3.8) is 0 Å². The van der Waals surface area contributed by atoms with Gasteiger partial charge >= 0.3 is 0 Å². The molecule has 1 aliphatic heterocycles. The van der Waals surface area contributed by atoms with Gasteiger partial charge in [-0.1, -0.05) is 11.3 Å². The second-order valence-electron chi connectivity index (χ2n) is 6.03. The Kier molecular flexibility index (Phi) is 5.18. The maximum atomic E-state index is 12.9. The predicted molar refractivity (Wildman–Crippen MR) is 104 cm³/mol. The van der Waals surface area contributed by atoms with Crippen LogP contribution in [0.2, 0.25) is 0 Å². The minimum Gasteiger partial charge on any atom is -0.454 e. The van der Waals surface area contributed by atoms with Gasteiger partial charge in [-0.25, -0.2) is 4.39 Å². The number of nitrogens with zero attached hydrogens (tertiary/aromatic N) is 2. The lowest BCUT2D eigenvalue weighted by molar-refractivity contribution is -0.118. The summed E-state index contributed by atoms with van der Waals surface area (Å²) in [5.41, 5.74) is 0.961. The molecular formula is C19H17FN2O3S2. The van der Waals surface area contributed by atoms with Crippen LogP contribution in [0.4, 0.5) is 4.39 Å². The minimum atomic E-state index is -0.243. The van der Waals surface area contributed by atoms with Crippen LogP contribution in [-0.4, -0.2) is 23.0 Å². The lowest BCUT2D eigenvalue weighted by Gasteiger charge is -2.00. The molecule has 5 nitrogen and oxygen atoms in total. The van der Waals surface area contributed by atoms with E-state index in [0.717, 1.165) is 33.0 Å². The largest absolute Gasteiger partial charge is 0.454 e.